The van der Waals surface area contributed by atoms with Crippen molar-refractivity contribution in [1.29, 1.82) is 5.26 Å². The maximum atomic E-state index is 12.7. The molecule has 0 fully saturated rings. The Balaban J connectivity index is 3.44. The number of nitriles is 1. The SMILES string of the molecule is N#Cc1c(I)ccc(F)c1S. The lowest BCUT2D eigenvalue weighted by Gasteiger charge is -1.98. The Hall–Kier alpha value is -0.280. The van der Waals surface area contributed by atoms with Crippen LogP contribution >= 0.6 is 35.2 Å². The second-order valence-electron chi connectivity index (χ2n) is 1.86. The van der Waals surface area contributed by atoms with Crippen LogP contribution in [0.15, 0.2) is 17.0 Å². The van der Waals surface area contributed by atoms with Crippen molar-refractivity contribution in [2.45, 2.75) is 4.90 Å². The first kappa shape index (κ1) is 8.81. The first-order chi connectivity index (χ1) is 5.16. The number of nitrogens with zero attached hydrogens (tertiary/aromatic N) is 1. The van der Waals surface area contributed by atoms with E-state index in [2.05, 4.69) is 12.6 Å². The molecule has 1 nitrogen and oxygen atoms in total. The predicted octanol–water partition coefficient (Wildman–Crippen LogP) is 2.59. The lowest BCUT2D eigenvalue weighted by atomic mass is 10.2. The van der Waals surface area contributed by atoms with Gasteiger partial charge in [-0.3, -0.25) is 0 Å². The third-order valence-electron chi connectivity index (χ3n) is 1.19. The van der Waals surface area contributed by atoms with E-state index in [0.717, 1.165) is 3.57 Å². The van der Waals surface area contributed by atoms with E-state index >= 15 is 0 Å². The second-order valence-corrected chi connectivity index (χ2v) is 3.47. The van der Waals surface area contributed by atoms with Crippen molar-refractivity contribution in [3.63, 3.8) is 0 Å². The maximum absolute atomic E-state index is 12.7. The Morgan fingerprint density at radius 3 is 2.64 bits per heavy atom. The van der Waals surface area contributed by atoms with Crippen LogP contribution in [0.3, 0.4) is 0 Å². The van der Waals surface area contributed by atoms with Crippen molar-refractivity contribution < 1.29 is 4.39 Å². The van der Waals surface area contributed by atoms with Crippen molar-refractivity contribution in [2.75, 3.05) is 0 Å². The first-order valence-electron chi connectivity index (χ1n) is 2.74. The lowest BCUT2D eigenvalue weighted by Crippen LogP contribution is -1.87. The van der Waals surface area contributed by atoms with Gasteiger partial charge in [0.15, 0.2) is 0 Å². The lowest BCUT2D eigenvalue weighted by molar-refractivity contribution is 0.601. The van der Waals surface area contributed by atoms with E-state index in [1.165, 1.54) is 6.07 Å². The second kappa shape index (κ2) is 3.41. The fourth-order valence-electron chi connectivity index (χ4n) is 0.647. The number of thiol groups is 1. The molecule has 0 radical (unpaired) electrons. The molecule has 1 rings (SSSR count). The van der Waals surface area contributed by atoms with Gasteiger partial charge in [0.25, 0.3) is 0 Å². The molecule has 0 heterocycles. The Morgan fingerprint density at radius 1 is 1.55 bits per heavy atom. The zero-order valence-corrected chi connectivity index (χ0v) is 8.36. The van der Waals surface area contributed by atoms with Gasteiger partial charge in [0.2, 0.25) is 0 Å². The highest BCUT2D eigenvalue weighted by Crippen LogP contribution is 2.22. The Morgan fingerprint density at radius 2 is 2.18 bits per heavy atom. The first-order valence-corrected chi connectivity index (χ1v) is 4.26. The van der Waals surface area contributed by atoms with E-state index < -0.39 is 5.82 Å². The van der Waals surface area contributed by atoms with Crippen LogP contribution < -0.4 is 0 Å². The molecular formula is C7H3FINS. The summed E-state index contributed by atoms with van der Waals surface area (Å²) in [7, 11) is 0. The van der Waals surface area contributed by atoms with Gasteiger partial charge in [0.05, 0.1) is 10.5 Å². The number of hydrogen-bond donors (Lipinski definition) is 1. The van der Waals surface area contributed by atoms with E-state index in [1.54, 1.807) is 6.07 Å². The van der Waals surface area contributed by atoms with Gasteiger partial charge in [-0.15, -0.1) is 12.6 Å². The van der Waals surface area contributed by atoms with Crippen LogP contribution in [-0.2, 0) is 0 Å². The Kier molecular flexibility index (Phi) is 2.73. The highest BCUT2D eigenvalue weighted by Gasteiger charge is 2.07. The van der Waals surface area contributed by atoms with Gasteiger partial charge in [0.1, 0.15) is 11.9 Å². The molecule has 0 saturated heterocycles. The molecule has 1 aromatic rings. The molecule has 0 atom stereocenters. The molecular weight excluding hydrogens is 276 g/mol. The van der Waals surface area contributed by atoms with Crippen molar-refractivity contribution in [2.24, 2.45) is 0 Å². The molecule has 0 bridgehead atoms. The Labute approximate surface area is 82.8 Å². The number of benzene rings is 1. The van der Waals surface area contributed by atoms with Gasteiger partial charge >= 0.3 is 0 Å². The van der Waals surface area contributed by atoms with E-state index in [4.69, 9.17) is 5.26 Å². The quantitative estimate of drug-likeness (QED) is 0.572. The average Bonchev–Trinajstić information content (AvgIpc) is 1.99. The van der Waals surface area contributed by atoms with Crippen molar-refractivity contribution >= 4 is 35.2 Å². The highest BCUT2D eigenvalue weighted by atomic mass is 127. The van der Waals surface area contributed by atoms with Crippen molar-refractivity contribution in [1.82, 2.24) is 0 Å². The summed E-state index contributed by atoms with van der Waals surface area (Å²) < 4.78 is 13.4. The largest absolute Gasteiger partial charge is 0.206 e. The summed E-state index contributed by atoms with van der Waals surface area (Å²) in [6.07, 6.45) is 0. The zero-order valence-electron chi connectivity index (χ0n) is 5.31. The van der Waals surface area contributed by atoms with Crippen molar-refractivity contribution in [3.8, 4) is 6.07 Å². The number of halogens is 2. The van der Waals surface area contributed by atoms with Crippen LogP contribution in [0, 0.1) is 20.7 Å². The summed E-state index contributed by atoms with van der Waals surface area (Å²) in [5.74, 6) is -0.453. The molecule has 11 heavy (non-hydrogen) atoms. The molecule has 0 aliphatic carbocycles. The van der Waals surface area contributed by atoms with Gasteiger partial charge < -0.3 is 0 Å². The van der Waals surface area contributed by atoms with Gasteiger partial charge in [-0.2, -0.15) is 5.26 Å². The molecule has 0 N–H and O–H groups in total. The summed E-state index contributed by atoms with van der Waals surface area (Å²) in [6.45, 7) is 0. The van der Waals surface area contributed by atoms with Crippen molar-refractivity contribution in [3.05, 3.63) is 27.1 Å². The highest BCUT2D eigenvalue weighted by molar-refractivity contribution is 14.1. The standard InChI is InChI=1S/C7H3FINS/c8-5-1-2-6(9)4(3-10)7(5)11/h1-2,11H. The molecule has 0 saturated carbocycles. The summed E-state index contributed by atoms with van der Waals surface area (Å²) in [4.78, 5) is 0.124. The fraction of sp³-hybridized carbons (Fsp3) is 0. The van der Waals surface area contributed by atoms with Crippen LogP contribution in [0.25, 0.3) is 0 Å². The molecule has 0 unspecified atom stereocenters. The van der Waals surface area contributed by atoms with Gasteiger partial charge in [-0.05, 0) is 34.7 Å². The van der Waals surface area contributed by atoms with Crippen LogP contribution in [-0.4, -0.2) is 0 Å². The van der Waals surface area contributed by atoms with Crippen LogP contribution in [0.1, 0.15) is 5.56 Å². The normalized spacial score (nSPS) is 9.27. The van der Waals surface area contributed by atoms with E-state index in [9.17, 15) is 4.39 Å². The zero-order chi connectivity index (χ0) is 8.43. The van der Waals surface area contributed by atoms with Crippen LogP contribution in [0.5, 0.6) is 0 Å². The molecule has 0 amide bonds. The van der Waals surface area contributed by atoms with Crippen LogP contribution in [0.2, 0.25) is 0 Å². The number of rotatable bonds is 0. The summed E-state index contributed by atoms with van der Waals surface area (Å²) >= 11 is 5.82. The van der Waals surface area contributed by atoms with E-state index in [0.29, 0.717) is 5.56 Å². The molecule has 0 aliphatic heterocycles. The maximum Gasteiger partial charge on any atom is 0.137 e. The molecule has 0 aromatic heterocycles. The minimum Gasteiger partial charge on any atom is -0.206 e. The molecule has 0 spiro atoms. The summed E-state index contributed by atoms with van der Waals surface area (Å²) in [5.41, 5.74) is 0.300. The fourth-order valence-corrected chi connectivity index (χ4v) is 1.68. The predicted molar refractivity (Wildman–Crippen MR) is 51.1 cm³/mol. The third-order valence-corrected chi connectivity index (χ3v) is 2.53. The van der Waals surface area contributed by atoms with Gasteiger partial charge in [0, 0.05) is 3.57 Å². The summed E-state index contributed by atoms with van der Waals surface area (Å²) in [5, 5.41) is 8.55. The smallest absolute Gasteiger partial charge is 0.137 e. The number of hydrogen-bond acceptors (Lipinski definition) is 2. The minimum atomic E-state index is -0.453. The molecule has 1 aromatic carbocycles. The van der Waals surface area contributed by atoms with Gasteiger partial charge in [-0.25, -0.2) is 4.39 Å². The Bertz CT molecular complexity index is 332. The molecule has 56 valence electrons. The van der Waals surface area contributed by atoms with Crippen LogP contribution in [0.4, 0.5) is 4.39 Å². The van der Waals surface area contributed by atoms with E-state index in [1.807, 2.05) is 28.7 Å². The van der Waals surface area contributed by atoms with Gasteiger partial charge in [-0.1, -0.05) is 0 Å². The molecule has 4 heteroatoms. The summed E-state index contributed by atoms with van der Waals surface area (Å²) in [6, 6.07) is 4.73. The average molecular weight is 279 g/mol. The minimum absolute atomic E-state index is 0.124. The van der Waals surface area contributed by atoms with E-state index in [-0.39, 0.29) is 4.90 Å². The topological polar surface area (TPSA) is 23.8 Å². The third kappa shape index (κ3) is 1.65. The molecule has 0 aliphatic rings. The monoisotopic (exact) mass is 279 g/mol.